The largest absolute Gasteiger partial charge is 0.347 e. The highest BCUT2D eigenvalue weighted by molar-refractivity contribution is 5.09. The summed E-state index contributed by atoms with van der Waals surface area (Å²) in [5.41, 5.74) is 0.319. The summed E-state index contributed by atoms with van der Waals surface area (Å²) >= 11 is 0. The first-order valence-corrected chi connectivity index (χ1v) is 3.88. The van der Waals surface area contributed by atoms with Gasteiger partial charge in [-0.25, -0.2) is 0 Å². The predicted molar refractivity (Wildman–Crippen MR) is 47.6 cm³/mol. The molecule has 1 N–H and O–H groups in total. The van der Waals surface area contributed by atoms with E-state index in [0.29, 0.717) is 5.41 Å². The van der Waals surface area contributed by atoms with Crippen molar-refractivity contribution in [3.63, 3.8) is 0 Å². The zero-order valence-corrected chi connectivity index (χ0v) is 7.52. The van der Waals surface area contributed by atoms with Crippen LogP contribution < -0.4 is 5.32 Å². The quantitative estimate of drug-likeness (QED) is 0.617. The first-order valence-electron chi connectivity index (χ1n) is 3.88. The Morgan fingerprint density at radius 3 is 2.55 bits per heavy atom. The van der Waals surface area contributed by atoms with Crippen LogP contribution >= 0.6 is 0 Å². The van der Waals surface area contributed by atoms with Crippen molar-refractivity contribution in [2.45, 2.75) is 20.8 Å². The molecule has 0 unspecified atom stereocenters. The minimum absolute atomic E-state index is 0.319. The lowest BCUT2D eigenvalue weighted by Crippen LogP contribution is -2.27. The molecular formula is C9H16N2. The zero-order chi connectivity index (χ0) is 8.48. The number of nitrogens with one attached hydrogen (secondary N) is 1. The Labute approximate surface area is 68.6 Å². The molecule has 2 nitrogen and oxygen atoms in total. The van der Waals surface area contributed by atoms with E-state index in [9.17, 15) is 0 Å². The highest BCUT2D eigenvalue weighted by Gasteiger charge is 2.17. The molecule has 0 radical (unpaired) electrons. The number of nitrogens with zero attached hydrogens (tertiary/aromatic N) is 1. The molecule has 1 rings (SSSR count). The summed E-state index contributed by atoms with van der Waals surface area (Å²) in [6.07, 6.45) is 3.93. The maximum Gasteiger partial charge on any atom is 0.102 e. The van der Waals surface area contributed by atoms with Crippen LogP contribution in [-0.4, -0.2) is 11.4 Å². The van der Waals surface area contributed by atoms with Crippen molar-refractivity contribution in [2.24, 2.45) is 5.41 Å². The molecule has 0 saturated heterocycles. The molecule has 0 atom stereocenters. The summed E-state index contributed by atoms with van der Waals surface area (Å²) in [7, 11) is 0. The van der Waals surface area contributed by atoms with E-state index in [2.05, 4.69) is 37.6 Å². The Kier molecular flexibility index (Phi) is 1.94. The van der Waals surface area contributed by atoms with Crippen LogP contribution in [0.5, 0.6) is 0 Å². The second kappa shape index (κ2) is 2.61. The maximum absolute atomic E-state index is 3.87. The van der Waals surface area contributed by atoms with Gasteiger partial charge in [0.05, 0.1) is 0 Å². The lowest BCUT2D eigenvalue weighted by Gasteiger charge is -2.26. The zero-order valence-electron chi connectivity index (χ0n) is 7.52. The lowest BCUT2D eigenvalue weighted by molar-refractivity contribution is 0.293. The van der Waals surface area contributed by atoms with E-state index in [4.69, 9.17) is 0 Å². The molecule has 0 aliphatic carbocycles. The fraction of sp³-hybridized carbons (Fsp3) is 0.556. The Morgan fingerprint density at radius 2 is 2.18 bits per heavy atom. The Morgan fingerprint density at radius 1 is 1.55 bits per heavy atom. The van der Waals surface area contributed by atoms with Gasteiger partial charge in [0.15, 0.2) is 0 Å². The average Bonchev–Trinajstić information content (AvgIpc) is 2.12. The van der Waals surface area contributed by atoms with Crippen molar-refractivity contribution >= 4 is 0 Å². The minimum Gasteiger partial charge on any atom is -0.347 e. The smallest absolute Gasteiger partial charge is 0.102 e. The van der Waals surface area contributed by atoms with E-state index in [1.165, 1.54) is 0 Å². The van der Waals surface area contributed by atoms with E-state index in [-0.39, 0.29) is 0 Å². The monoisotopic (exact) mass is 152 g/mol. The molecule has 0 fully saturated rings. The van der Waals surface area contributed by atoms with Gasteiger partial charge in [-0.1, -0.05) is 27.4 Å². The third kappa shape index (κ3) is 2.30. The fourth-order valence-corrected chi connectivity index (χ4v) is 1.06. The average molecular weight is 152 g/mol. The fourth-order valence-electron chi connectivity index (χ4n) is 1.06. The van der Waals surface area contributed by atoms with E-state index in [1.54, 1.807) is 0 Å². The van der Waals surface area contributed by atoms with E-state index in [1.807, 2.05) is 12.4 Å². The first kappa shape index (κ1) is 8.18. The van der Waals surface area contributed by atoms with Crippen LogP contribution in [0.3, 0.4) is 0 Å². The first-order chi connectivity index (χ1) is 4.99. The molecule has 0 aromatic carbocycles. The summed E-state index contributed by atoms with van der Waals surface area (Å²) in [6, 6.07) is 0. The van der Waals surface area contributed by atoms with Crippen LogP contribution in [0, 0.1) is 5.41 Å². The third-order valence-corrected chi connectivity index (χ3v) is 1.50. The standard InChI is InChI=1S/C9H16N2/c1-8-10-5-6-11(8)7-9(2,3)4/h5-6,10H,1,7H2,2-4H3. The van der Waals surface area contributed by atoms with Crippen LogP contribution in [-0.2, 0) is 0 Å². The highest BCUT2D eigenvalue weighted by Crippen LogP contribution is 2.18. The summed E-state index contributed by atoms with van der Waals surface area (Å²) < 4.78 is 0. The Hall–Kier alpha value is -0.920. The Balaban J connectivity index is 2.50. The van der Waals surface area contributed by atoms with Gasteiger partial charge in [0.1, 0.15) is 5.82 Å². The van der Waals surface area contributed by atoms with Gasteiger partial charge in [-0.05, 0) is 5.41 Å². The molecule has 0 aromatic rings. The summed E-state index contributed by atoms with van der Waals surface area (Å²) in [6.45, 7) is 11.5. The molecule has 1 aliphatic heterocycles. The van der Waals surface area contributed by atoms with Crippen LogP contribution in [0.15, 0.2) is 24.8 Å². The second-order valence-electron chi connectivity index (χ2n) is 4.10. The summed E-state index contributed by atoms with van der Waals surface area (Å²) in [5, 5.41) is 3.04. The molecule has 2 heteroatoms. The highest BCUT2D eigenvalue weighted by atomic mass is 15.3. The van der Waals surface area contributed by atoms with E-state index < -0.39 is 0 Å². The predicted octanol–water partition coefficient (Wildman–Crippen LogP) is 1.88. The molecule has 11 heavy (non-hydrogen) atoms. The second-order valence-corrected chi connectivity index (χ2v) is 4.10. The molecule has 1 aliphatic rings. The molecule has 62 valence electrons. The molecule has 0 spiro atoms. The van der Waals surface area contributed by atoms with Gasteiger partial charge in [-0.3, -0.25) is 0 Å². The Bertz CT molecular complexity index is 186. The van der Waals surface area contributed by atoms with Gasteiger partial charge in [0, 0.05) is 18.9 Å². The van der Waals surface area contributed by atoms with Crippen LogP contribution in [0.1, 0.15) is 20.8 Å². The van der Waals surface area contributed by atoms with Gasteiger partial charge < -0.3 is 10.2 Å². The topological polar surface area (TPSA) is 15.3 Å². The molecule has 0 aromatic heterocycles. The minimum atomic E-state index is 0.319. The van der Waals surface area contributed by atoms with Crippen LogP contribution in [0.4, 0.5) is 0 Å². The molecular weight excluding hydrogens is 136 g/mol. The van der Waals surface area contributed by atoms with Crippen LogP contribution in [0.2, 0.25) is 0 Å². The summed E-state index contributed by atoms with van der Waals surface area (Å²) in [5.74, 6) is 0.972. The van der Waals surface area contributed by atoms with E-state index >= 15 is 0 Å². The van der Waals surface area contributed by atoms with Crippen molar-refractivity contribution in [2.75, 3.05) is 6.54 Å². The van der Waals surface area contributed by atoms with Crippen molar-refractivity contribution in [3.05, 3.63) is 24.8 Å². The molecule has 0 amide bonds. The van der Waals surface area contributed by atoms with Gasteiger partial charge in [-0.2, -0.15) is 0 Å². The molecule has 0 bridgehead atoms. The number of hydrogen-bond donors (Lipinski definition) is 1. The number of hydrogen-bond acceptors (Lipinski definition) is 2. The van der Waals surface area contributed by atoms with Crippen molar-refractivity contribution in [3.8, 4) is 0 Å². The van der Waals surface area contributed by atoms with Crippen molar-refractivity contribution in [1.82, 2.24) is 10.2 Å². The van der Waals surface area contributed by atoms with Crippen LogP contribution in [0.25, 0.3) is 0 Å². The van der Waals surface area contributed by atoms with Gasteiger partial charge in [0.25, 0.3) is 0 Å². The lowest BCUT2D eigenvalue weighted by atomic mass is 9.96. The number of rotatable bonds is 1. The van der Waals surface area contributed by atoms with Gasteiger partial charge >= 0.3 is 0 Å². The third-order valence-electron chi connectivity index (χ3n) is 1.50. The van der Waals surface area contributed by atoms with Crippen molar-refractivity contribution < 1.29 is 0 Å². The molecule has 0 saturated carbocycles. The summed E-state index contributed by atoms with van der Waals surface area (Å²) in [4.78, 5) is 2.12. The van der Waals surface area contributed by atoms with Crippen molar-refractivity contribution in [1.29, 1.82) is 0 Å². The van der Waals surface area contributed by atoms with Gasteiger partial charge in [-0.15, -0.1) is 0 Å². The maximum atomic E-state index is 3.87. The van der Waals surface area contributed by atoms with E-state index in [0.717, 1.165) is 12.4 Å². The van der Waals surface area contributed by atoms with Gasteiger partial charge in [0.2, 0.25) is 0 Å². The molecule has 1 heterocycles. The SMILES string of the molecule is C=C1NC=CN1CC(C)(C)C. The normalized spacial score (nSPS) is 17.4.